The quantitative estimate of drug-likeness (QED) is 0.348. The number of carbonyl (C=O) groups is 2. The maximum Gasteiger partial charge on any atom is 0.228 e. The van der Waals surface area contributed by atoms with Crippen LogP contribution in [0.4, 0.5) is 5.69 Å². The van der Waals surface area contributed by atoms with Gasteiger partial charge in [-0.15, -0.1) is 4.80 Å². The number of ether oxygens (including phenoxy) is 1. The van der Waals surface area contributed by atoms with Crippen molar-refractivity contribution >= 4 is 46.4 Å². The first-order valence-electron chi connectivity index (χ1n) is 10.9. The molecule has 1 atom stereocenters. The number of nitrogens with one attached hydrogen (secondary N) is 1. The van der Waals surface area contributed by atoms with Gasteiger partial charge in [-0.1, -0.05) is 23.2 Å². The smallest absolute Gasteiger partial charge is 0.228 e. The van der Waals surface area contributed by atoms with Gasteiger partial charge in [-0.2, -0.15) is 15.3 Å². The van der Waals surface area contributed by atoms with Gasteiger partial charge in [-0.05, 0) is 13.0 Å². The van der Waals surface area contributed by atoms with Crippen LogP contribution in [-0.4, -0.2) is 72.1 Å². The van der Waals surface area contributed by atoms with Crippen LogP contribution in [0.25, 0.3) is 11.5 Å². The second kappa shape index (κ2) is 11.0. The first-order chi connectivity index (χ1) is 17.3. The summed E-state index contributed by atoms with van der Waals surface area (Å²) in [6.07, 6.45) is 6.24. The van der Waals surface area contributed by atoms with Gasteiger partial charge in [0.15, 0.2) is 16.6 Å². The van der Waals surface area contributed by atoms with E-state index < -0.39 is 6.04 Å². The third-order valence-corrected chi connectivity index (χ3v) is 5.99. The Hall–Kier alpha value is -3.61. The summed E-state index contributed by atoms with van der Waals surface area (Å²) in [7, 11) is 3.23. The van der Waals surface area contributed by atoms with Crippen LogP contribution in [0.3, 0.4) is 0 Å². The molecule has 0 fully saturated rings. The van der Waals surface area contributed by atoms with Crippen LogP contribution in [0, 0.1) is 0 Å². The number of aromatic nitrogens is 7. The average molecular weight is 532 g/mol. The molecule has 0 unspecified atom stereocenters. The Morgan fingerprint density at radius 1 is 1.17 bits per heavy atom. The van der Waals surface area contributed by atoms with Gasteiger partial charge in [0.2, 0.25) is 11.8 Å². The summed E-state index contributed by atoms with van der Waals surface area (Å²) in [5.74, 6) is -0.114. The molecular weight excluding hydrogens is 509 g/mol. The highest BCUT2D eigenvalue weighted by molar-refractivity contribution is 6.32. The molecule has 0 aliphatic rings. The van der Waals surface area contributed by atoms with Crippen LogP contribution >= 0.6 is 23.2 Å². The normalized spacial score (nSPS) is 12.0. The highest BCUT2D eigenvalue weighted by atomic mass is 35.5. The van der Waals surface area contributed by atoms with Crippen molar-refractivity contribution in [1.82, 2.24) is 39.5 Å². The first kappa shape index (κ1) is 25.5. The molecule has 0 saturated heterocycles. The number of hydrogen-bond acceptors (Lipinski definition) is 8. The van der Waals surface area contributed by atoms with Crippen molar-refractivity contribution in [3.63, 3.8) is 0 Å². The zero-order valence-corrected chi connectivity index (χ0v) is 21.2. The van der Waals surface area contributed by atoms with Crippen LogP contribution in [0.5, 0.6) is 0 Å². The molecule has 12 nitrogen and oxygen atoms in total. The molecular formula is C22H23Cl2N9O3. The summed E-state index contributed by atoms with van der Waals surface area (Å²) in [5.41, 5.74) is 2.10. The minimum absolute atomic E-state index is 0.0414. The molecule has 188 valence electrons. The Labute approximate surface area is 216 Å². The predicted molar refractivity (Wildman–Crippen MR) is 132 cm³/mol. The summed E-state index contributed by atoms with van der Waals surface area (Å²) in [4.78, 5) is 37.1. The van der Waals surface area contributed by atoms with Crippen molar-refractivity contribution in [3.05, 3.63) is 58.4 Å². The van der Waals surface area contributed by atoms with Gasteiger partial charge >= 0.3 is 0 Å². The second-order valence-corrected chi connectivity index (χ2v) is 8.70. The Kier molecular flexibility index (Phi) is 7.77. The molecule has 4 heterocycles. The maximum atomic E-state index is 13.0. The molecule has 0 spiro atoms. The van der Waals surface area contributed by atoms with Crippen LogP contribution in [-0.2, 0) is 20.7 Å². The van der Waals surface area contributed by atoms with E-state index >= 15 is 0 Å². The number of anilines is 1. The van der Waals surface area contributed by atoms with E-state index in [0.29, 0.717) is 35.0 Å². The van der Waals surface area contributed by atoms with Crippen molar-refractivity contribution in [2.24, 2.45) is 0 Å². The molecule has 0 bridgehead atoms. The number of fused-ring (bicyclic) bond motifs is 1. The topological polar surface area (TPSA) is 132 Å². The number of carbonyl (C=O) groups excluding carboxylic acids is 2. The van der Waals surface area contributed by atoms with E-state index in [0.717, 1.165) is 0 Å². The lowest BCUT2D eigenvalue weighted by atomic mass is 10.0. The summed E-state index contributed by atoms with van der Waals surface area (Å²) >= 11 is 12.4. The summed E-state index contributed by atoms with van der Waals surface area (Å²) in [6, 6.07) is 2.74. The monoisotopic (exact) mass is 531 g/mol. The molecule has 4 rings (SSSR count). The van der Waals surface area contributed by atoms with E-state index in [4.69, 9.17) is 27.9 Å². The van der Waals surface area contributed by atoms with Gasteiger partial charge in [-0.25, -0.2) is 14.5 Å². The molecule has 14 heteroatoms. The van der Waals surface area contributed by atoms with Crippen LogP contribution < -0.4 is 5.32 Å². The van der Waals surface area contributed by atoms with Gasteiger partial charge in [0.1, 0.15) is 0 Å². The fourth-order valence-corrected chi connectivity index (χ4v) is 4.07. The van der Waals surface area contributed by atoms with E-state index in [-0.39, 0.29) is 34.8 Å². The SMILES string of the molecule is COCCC(=O)N(C)[C@@H](C)c1c(CC(=O)Nc2cnc(-n3nccn3)c(Cl)c2)cnc2cc(Cl)nn12. The standard InChI is InChI=1S/C22H23Cl2N9O3/c1-13(31(2)20(35)4-7-36-3)21-14(11-25-18-10-17(24)30-32(18)21)8-19(34)29-15-9-16(23)22(26-12-15)33-27-5-6-28-33/h5-6,9-13H,4,7-8H2,1-3H3,(H,29,34)/t13-/m0/s1. The third kappa shape index (κ3) is 5.45. The molecule has 4 aromatic rings. The van der Waals surface area contributed by atoms with E-state index in [1.54, 1.807) is 34.8 Å². The molecule has 36 heavy (non-hydrogen) atoms. The Balaban J connectivity index is 1.58. The van der Waals surface area contributed by atoms with Crippen LogP contribution in [0.1, 0.15) is 30.6 Å². The summed E-state index contributed by atoms with van der Waals surface area (Å²) in [5, 5.41) is 15.6. The lowest BCUT2D eigenvalue weighted by Gasteiger charge is -2.27. The summed E-state index contributed by atoms with van der Waals surface area (Å²) in [6.45, 7) is 2.15. The second-order valence-electron chi connectivity index (χ2n) is 7.90. The number of amides is 2. The molecule has 0 aliphatic carbocycles. The molecule has 0 saturated carbocycles. The minimum atomic E-state index is -0.435. The number of rotatable bonds is 9. The number of methoxy groups -OCH3 is 1. The van der Waals surface area contributed by atoms with Crippen molar-refractivity contribution in [2.75, 3.05) is 26.1 Å². The van der Waals surface area contributed by atoms with Crippen molar-refractivity contribution in [2.45, 2.75) is 25.8 Å². The lowest BCUT2D eigenvalue weighted by molar-refractivity contribution is -0.132. The van der Waals surface area contributed by atoms with Crippen LogP contribution in [0.15, 0.2) is 36.9 Å². The molecule has 0 radical (unpaired) electrons. The number of hydrogen-bond donors (Lipinski definition) is 1. The van der Waals surface area contributed by atoms with Crippen molar-refractivity contribution < 1.29 is 14.3 Å². The fraction of sp³-hybridized carbons (Fsp3) is 0.318. The Morgan fingerprint density at radius 3 is 2.61 bits per heavy atom. The number of nitrogens with zero attached hydrogens (tertiary/aromatic N) is 8. The van der Waals surface area contributed by atoms with E-state index in [1.165, 1.54) is 30.5 Å². The lowest BCUT2D eigenvalue weighted by Crippen LogP contribution is -2.32. The number of pyridine rings is 1. The van der Waals surface area contributed by atoms with Gasteiger partial charge in [0.05, 0.1) is 60.5 Å². The first-order valence-corrected chi connectivity index (χ1v) is 11.6. The number of halogens is 2. The highest BCUT2D eigenvalue weighted by Crippen LogP contribution is 2.26. The molecule has 0 aromatic carbocycles. The van der Waals surface area contributed by atoms with E-state index in [2.05, 4.69) is 30.6 Å². The Bertz CT molecular complexity index is 1390. The zero-order valence-electron chi connectivity index (χ0n) is 19.7. The van der Waals surface area contributed by atoms with Gasteiger partial charge in [0, 0.05) is 32.0 Å². The maximum absolute atomic E-state index is 13.0. The molecule has 4 aromatic heterocycles. The minimum Gasteiger partial charge on any atom is -0.384 e. The van der Waals surface area contributed by atoms with Crippen LogP contribution in [0.2, 0.25) is 10.2 Å². The predicted octanol–water partition coefficient (Wildman–Crippen LogP) is 2.75. The highest BCUT2D eigenvalue weighted by Gasteiger charge is 2.25. The van der Waals surface area contributed by atoms with Crippen molar-refractivity contribution in [3.8, 4) is 5.82 Å². The third-order valence-electron chi connectivity index (χ3n) is 5.53. The average Bonchev–Trinajstić information content (AvgIpc) is 3.50. The largest absolute Gasteiger partial charge is 0.384 e. The summed E-state index contributed by atoms with van der Waals surface area (Å²) < 4.78 is 6.58. The van der Waals surface area contributed by atoms with E-state index in [9.17, 15) is 9.59 Å². The molecule has 2 amide bonds. The van der Waals surface area contributed by atoms with Gasteiger partial charge in [-0.3, -0.25) is 9.59 Å². The van der Waals surface area contributed by atoms with Crippen molar-refractivity contribution in [1.29, 1.82) is 0 Å². The van der Waals surface area contributed by atoms with Gasteiger partial charge < -0.3 is 15.0 Å². The Morgan fingerprint density at radius 2 is 1.92 bits per heavy atom. The zero-order chi connectivity index (χ0) is 25.8. The van der Waals surface area contributed by atoms with E-state index in [1.807, 2.05) is 6.92 Å². The molecule has 0 aliphatic heterocycles. The van der Waals surface area contributed by atoms with Gasteiger partial charge in [0.25, 0.3) is 0 Å². The molecule has 1 N–H and O–H groups in total. The fourth-order valence-electron chi connectivity index (χ4n) is 3.65.